The number of carboxylic acid groups (broad SMARTS) is 1. The van der Waals surface area contributed by atoms with Crippen molar-refractivity contribution < 1.29 is 42.5 Å². The Morgan fingerprint density at radius 2 is 1.11 bits per heavy atom. The largest absolute Gasteiger partial charge is 0.480 e. The molecule has 2 aliphatic heterocycles. The number of fused-ring (bicyclic) bond motifs is 6. The van der Waals surface area contributed by atoms with Crippen molar-refractivity contribution in [3.05, 3.63) is 70.0 Å². The van der Waals surface area contributed by atoms with Crippen molar-refractivity contribution in [2.24, 2.45) is 37.8 Å². The van der Waals surface area contributed by atoms with Gasteiger partial charge in [0.05, 0.1) is 6.54 Å². The van der Waals surface area contributed by atoms with Gasteiger partial charge in [-0.2, -0.15) is 0 Å². The molecule has 336 valence electrons. The van der Waals surface area contributed by atoms with Crippen LogP contribution in [-0.2, 0) is 58.8 Å². The maximum atomic E-state index is 13.2. The van der Waals surface area contributed by atoms with Crippen molar-refractivity contribution in [1.29, 1.82) is 0 Å². The number of Topliss-reactive ketones (excluding diaryl/α,β-unsaturated/α-hetero) is 1. The van der Waals surface area contributed by atoms with Crippen LogP contribution in [0.1, 0.15) is 108 Å². The van der Waals surface area contributed by atoms with E-state index in [0.29, 0.717) is 42.0 Å². The Hall–Kier alpha value is -4.62. The van der Waals surface area contributed by atoms with Gasteiger partial charge in [-0.3, -0.25) is 19.2 Å². The number of rotatable bonds is 13. The molecule has 0 radical (unpaired) electrons. The van der Waals surface area contributed by atoms with Gasteiger partial charge in [-0.1, -0.05) is 0 Å². The van der Waals surface area contributed by atoms with Crippen LogP contribution >= 0.6 is 0 Å². The number of benzene rings is 2. The molecule has 4 heterocycles. The lowest BCUT2D eigenvalue weighted by molar-refractivity contribution is -0.137. The molecule has 0 saturated carbocycles. The van der Waals surface area contributed by atoms with E-state index in [2.05, 4.69) is 23.2 Å². The van der Waals surface area contributed by atoms with Crippen LogP contribution in [0.25, 0.3) is 21.8 Å². The van der Waals surface area contributed by atoms with Gasteiger partial charge in [0, 0.05) is 111 Å². The average molecular weight is 859 g/mol. The lowest BCUT2D eigenvalue weighted by Crippen LogP contribution is -2.35. The number of aromatic nitrogens is 2. The minimum atomic E-state index is -2.50. The Kier molecular flexibility index (Phi) is 14.8. The highest BCUT2D eigenvalue weighted by atomic mass is 19.3. The monoisotopic (exact) mass is 858 g/mol. The van der Waals surface area contributed by atoms with E-state index in [1.807, 2.05) is 43.3 Å². The molecule has 1 N–H and O–H groups in total. The highest BCUT2D eigenvalue weighted by Crippen LogP contribution is 2.41. The molecule has 62 heavy (non-hydrogen) atoms. The lowest BCUT2D eigenvalue weighted by Gasteiger charge is -2.33. The Labute approximate surface area is 363 Å². The highest BCUT2D eigenvalue weighted by Gasteiger charge is 2.33. The molecule has 2 unspecified atom stereocenters. The first kappa shape index (κ1) is 45.4. The van der Waals surface area contributed by atoms with Crippen LogP contribution in [0.5, 0.6) is 0 Å². The molecule has 2 saturated heterocycles. The predicted molar refractivity (Wildman–Crippen MR) is 235 cm³/mol. The lowest BCUT2D eigenvalue weighted by atomic mass is 9.75. The Bertz CT molecular complexity index is 2250. The number of aryl methyl sites for hydroxylation is 2. The summed E-state index contributed by atoms with van der Waals surface area (Å²) in [4.78, 5) is 52.1. The van der Waals surface area contributed by atoms with Crippen LogP contribution in [0.15, 0.2) is 36.4 Å². The molecule has 2 amide bonds. The van der Waals surface area contributed by atoms with Gasteiger partial charge < -0.3 is 33.5 Å². The molecular formula is C49H64F2N4O7. The molecule has 2 aromatic carbocycles. The Morgan fingerprint density at radius 3 is 1.52 bits per heavy atom. The number of carbonyl (C=O) groups excluding carboxylic acids is 3. The van der Waals surface area contributed by atoms with Crippen molar-refractivity contribution in [2.45, 2.75) is 97.3 Å². The van der Waals surface area contributed by atoms with Crippen molar-refractivity contribution in [3.63, 3.8) is 0 Å². The van der Waals surface area contributed by atoms with Crippen molar-refractivity contribution >= 4 is 45.4 Å². The number of likely N-dealkylation sites (N-methyl/N-ethyl adjacent to an activating group) is 2. The van der Waals surface area contributed by atoms with E-state index in [9.17, 15) is 28.0 Å². The minimum absolute atomic E-state index is 0.126. The zero-order valence-corrected chi connectivity index (χ0v) is 36.9. The number of amides is 2. The van der Waals surface area contributed by atoms with Crippen LogP contribution in [0.4, 0.5) is 8.78 Å². The van der Waals surface area contributed by atoms with Gasteiger partial charge in [-0.15, -0.1) is 0 Å². The fourth-order valence-electron chi connectivity index (χ4n) is 10.8. The third-order valence-electron chi connectivity index (χ3n) is 14.3. The van der Waals surface area contributed by atoms with Crippen molar-refractivity contribution in [1.82, 2.24) is 18.9 Å². The van der Waals surface area contributed by atoms with Gasteiger partial charge in [0.1, 0.15) is 6.54 Å². The average Bonchev–Trinajstić information content (AvgIpc) is 3.74. The van der Waals surface area contributed by atoms with E-state index < -0.39 is 18.8 Å². The maximum Gasteiger partial charge on any atom is 0.323 e. The predicted octanol–water partition coefficient (Wildman–Crippen LogP) is 8.04. The zero-order chi connectivity index (χ0) is 44.1. The first-order chi connectivity index (χ1) is 29.9. The van der Waals surface area contributed by atoms with Crippen LogP contribution in [0.2, 0.25) is 0 Å². The van der Waals surface area contributed by atoms with Gasteiger partial charge in [-0.25, -0.2) is 8.78 Å². The van der Waals surface area contributed by atoms with Crippen LogP contribution in [0, 0.1) is 23.7 Å². The molecule has 2 fully saturated rings. The normalized spacial score (nSPS) is 19.5. The number of carbonyl (C=O) groups is 4. The summed E-state index contributed by atoms with van der Waals surface area (Å²) in [5.41, 5.74) is 8.86. The third-order valence-corrected chi connectivity index (χ3v) is 14.3. The zero-order valence-electron chi connectivity index (χ0n) is 36.9. The highest BCUT2D eigenvalue weighted by molar-refractivity contribution is 6.01. The summed E-state index contributed by atoms with van der Waals surface area (Å²) in [6.07, 6.45) is 7.99. The molecule has 0 spiro atoms. The summed E-state index contributed by atoms with van der Waals surface area (Å²) in [5, 5.41) is 11.4. The van der Waals surface area contributed by atoms with Gasteiger partial charge in [-0.05, 0) is 149 Å². The quantitative estimate of drug-likeness (QED) is 0.144. The first-order valence-electron chi connectivity index (χ1n) is 22.8. The van der Waals surface area contributed by atoms with E-state index in [1.54, 1.807) is 6.92 Å². The summed E-state index contributed by atoms with van der Waals surface area (Å²) < 4.78 is 40.5. The van der Waals surface area contributed by atoms with E-state index in [-0.39, 0.29) is 37.1 Å². The number of aliphatic carboxylic acids is 1. The summed E-state index contributed by atoms with van der Waals surface area (Å²) in [7, 11) is 4.21. The molecule has 4 aromatic rings. The van der Waals surface area contributed by atoms with Gasteiger partial charge in [0.2, 0.25) is 6.43 Å². The van der Waals surface area contributed by atoms with Crippen LogP contribution < -0.4 is 0 Å². The summed E-state index contributed by atoms with van der Waals surface area (Å²) in [6.45, 7) is 7.40. The molecule has 4 aliphatic rings. The van der Waals surface area contributed by atoms with Crippen LogP contribution in [-0.4, -0.2) is 107 Å². The Balaban J connectivity index is 0.000000188. The van der Waals surface area contributed by atoms with Crippen LogP contribution in [0.3, 0.4) is 0 Å². The van der Waals surface area contributed by atoms with E-state index in [0.717, 1.165) is 106 Å². The fraction of sp³-hybridized carbons (Fsp3) is 0.592. The Morgan fingerprint density at radius 1 is 0.677 bits per heavy atom. The second kappa shape index (κ2) is 20.3. The van der Waals surface area contributed by atoms with Gasteiger partial charge in [0.15, 0.2) is 5.78 Å². The fourth-order valence-corrected chi connectivity index (χ4v) is 10.8. The van der Waals surface area contributed by atoms with E-state index in [4.69, 9.17) is 14.6 Å². The number of alkyl halides is 2. The maximum absolute atomic E-state index is 13.2. The minimum Gasteiger partial charge on any atom is -0.480 e. The summed E-state index contributed by atoms with van der Waals surface area (Å²) >= 11 is 0. The molecule has 8 rings (SSSR count). The van der Waals surface area contributed by atoms with Gasteiger partial charge >= 0.3 is 5.97 Å². The second-order valence-corrected chi connectivity index (χ2v) is 17.8. The molecule has 0 bridgehead atoms. The van der Waals surface area contributed by atoms with Crippen molar-refractivity contribution in [2.75, 3.05) is 52.6 Å². The van der Waals surface area contributed by atoms with Gasteiger partial charge in [0.25, 0.3) is 11.8 Å². The smallest absolute Gasteiger partial charge is 0.323 e. The standard InChI is InChI=1S/C26H34F2N2O3.C23H30N2O4/c1-3-30(16-20(31)6-9-25(27)28)26(32)19-5-8-24-22(15-19)21-14-18(4-7-23(21)29(24)2)17-10-12-33-13-11-17;1-3-25(14-22(26)27)23(28)17-5-7-21-19(13-17)18-12-16(4-6-20(18)24(21)2)15-8-10-29-11-9-15/h5,8,15,17-18,25H,3-4,6-7,9-14,16H2,1-2H3;5,7,13,15-16H,3-4,6,8-12,14H2,1-2H3,(H,26,27). The SMILES string of the molecule is CCN(CC(=O)CCC(F)F)C(=O)c1ccc2c(c1)c1c(n2C)CCC(C2CCOCC2)C1.CCN(CC(=O)O)C(=O)c1ccc2c(c1)c1c(n2C)CCC(C2CCOCC2)C1. The number of ketones is 1. The second-order valence-electron chi connectivity index (χ2n) is 17.8. The van der Waals surface area contributed by atoms with E-state index >= 15 is 0 Å². The topological polar surface area (TPSA) is 123 Å². The molecule has 13 heteroatoms. The molecule has 2 atom stereocenters. The van der Waals surface area contributed by atoms with Crippen molar-refractivity contribution in [3.8, 4) is 0 Å². The summed E-state index contributed by atoms with van der Waals surface area (Å²) in [5.74, 6) is 0.984. The number of nitrogens with zero attached hydrogens (tertiary/aromatic N) is 4. The summed E-state index contributed by atoms with van der Waals surface area (Å²) in [6, 6.07) is 11.6. The molecule has 2 aliphatic carbocycles. The molecule has 11 nitrogen and oxygen atoms in total. The third kappa shape index (κ3) is 9.94. The number of hydrogen-bond donors (Lipinski definition) is 1. The number of halogens is 2. The number of ether oxygens (including phenoxy) is 2. The molecule has 2 aromatic heterocycles. The number of carboxylic acids is 1. The number of hydrogen-bond acceptors (Lipinski definition) is 6. The molecular weight excluding hydrogens is 795 g/mol. The van der Waals surface area contributed by atoms with E-state index in [1.165, 1.54) is 45.2 Å². The first-order valence-corrected chi connectivity index (χ1v) is 22.8.